The van der Waals surface area contributed by atoms with Crippen LogP contribution in [0.3, 0.4) is 0 Å². The maximum absolute atomic E-state index is 6.19. The number of rotatable bonds is 2. The van der Waals surface area contributed by atoms with Crippen molar-refractivity contribution in [1.29, 1.82) is 0 Å². The van der Waals surface area contributed by atoms with E-state index in [0.29, 0.717) is 10.0 Å². The van der Waals surface area contributed by atoms with Crippen molar-refractivity contribution in [3.8, 4) is 0 Å². The Balaban J connectivity index is 2.40. The van der Waals surface area contributed by atoms with Crippen molar-refractivity contribution in [2.75, 3.05) is 0 Å². The number of benzene rings is 1. The second-order valence-corrected chi connectivity index (χ2v) is 4.64. The van der Waals surface area contributed by atoms with Gasteiger partial charge in [0.2, 0.25) is 0 Å². The zero-order valence-electron chi connectivity index (χ0n) is 9.32. The van der Waals surface area contributed by atoms with Crippen LogP contribution >= 0.6 is 23.2 Å². The lowest BCUT2D eigenvalue weighted by Gasteiger charge is -2.15. The summed E-state index contributed by atoms with van der Waals surface area (Å²) >= 11 is 11.9. The minimum Gasteiger partial charge on any atom is -0.320 e. The van der Waals surface area contributed by atoms with Gasteiger partial charge in [0.1, 0.15) is 0 Å². The van der Waals surface area contributed by atoms with Gasteiger partial charge in [0.05, 0.1) is 16.1 Å². The molecule has 1 aromatic heterocycles. The average Bonchev–Trinajstić information content (AvgIpc) is 2.32. The van der Waals surface area contributed by atoms with Crippen LogP contribution in [-0.4, -0.2) is 4.98 Å². The number of aryl methyl sites for hydroxylation is 1. The minimum atomic E-state index is -0.238. The van der Waals surface area contributed by atoms with Crippen LogP contribution in [0.4, 0.5) is 0 Å². The van der Waals surface area contributed by atoms with Crippen molar-refractivity contribution in [3.63, 3.8) is 0 Å². The number of halogens is 2. The molecule has 2 N–H and O–H groups in total. The normalized spacial score (nSPS) is 12.5. The van der Waals surface area contributed by atoms with E-state index in [2.05, 4.69) is 4.98 Å². The summed E-state index contributed by atoms with van der Waals surface area (Å²) in [5, 5.41) is 1.05. The molecule has 1 atom stereocenters. The molecule has 0 saturated carbocycles. The topological polar surface area (TPSA) is 38.9 Å². The van der Waals surface area contributed by atoms with Crippen LogP contribution in [0.15, 0.2) is 36.5 Å². The highest BCUT2D eigenvalue weighted by Crippen LogP contribution is 2.28. The van der Waals surface area contributed by atoms with E-state index in [4.69, 9.17) is 28.9 Å². The molecule has 88 valence electrons. The van der Waals surface area contributed by atoms with Gasteiger partial charge in [-0.3, -0.25) is 4.98 Å². The van der Waals surface area contributed by atoms with Crippen LogP contribution in [0.2, 0.25) is 10.0 Å². The second kappa shape index (κ2) is 5.05. The highest BCUT2D eigenvalue weighted by Gasteiger charge is 2.12. The number of aromatic nitrogens is 1. The fourth-order valence-electron chi connectivity index (χ4n) is 1.71. The van der Waals surface area contributed by atoms with E-state index < -0.39 is 0 Å². The summed E-state index contributed by atoms with van der Waals surface area (Å²) in [5.41, 5.74) is 9.03. The molecule has 0 saturated heterocycles. The minimum absolute atomic E-state index is 0.238. The van der Waals surface area contributed by atoms with Gasteiger partial charge in [-0.2, -0.15) is 0 Å². The molecule has 0 spiro atoms. The van der Waals surface area contributed by atoms with Crippen LogP contribution in [0.1, 0.15) is 22.9 Å². The van der Waals surface area contributed by atoms with Gasteiger partial charge in [-0.05, 0) is 36.2 Å². The molecule has 0 fully saturated rings. The molecule has 0 aliphatic heterocycles. The van der Waals surface area contributed by atoms with Gasteiger partial charge in [-0.25, -0.2) is 0 Å². The number of hydrogen-bond donors (Lipinski definition) is 1. The van der Waals surface area contributed by atoms with Gasteiger partial charge in [0.15, 0.2) is 0 Å². The molecule has 1 heterocycles. The Morgan fingerprint density at radius 2 is 1.94 bits per heavy atom. The highest BCUT2D eigenvalue weighted by atomic mass is 35.5. The molecule has 0 aliphatic rings. The first-order valence-electron chi connectivity index (χ1n) is 5.21. The third-order valence-electron chi connectivity index (χ3n) is 2.69. The van der Waals surface area contributed by atoms with Gasteiger partial charge in [-0.1, -0.05) is 35.3 Å². The Morgan fingerprint density at radius 3 is 2.59 bits per heavy atom. The van der Waals surface area contributed by atoms with Crippen molar-refractivity contribution in [2.45, 2.75) is 13.0 Å². The summed E-state index contributed by atoms with van der Waals surface area (Å²) in [6, 6.07) is 9.03. The van der Waals surface area contributed by atoms with E-state index in [9.17, 15) is 0 Å². The molecule has 0 amide bonds. The Labute approximate surface area is 110 Å². The zero-order valence-corrected chi connectivity index (χ0v) is 10.8. The summed E-state index contributed by atoms with van der Waals surface area (Å²) in [4.78, 5) is 4.23. The maximum Gasteiger partial charge on any atom is 0.0595 e. The third-order valence-corrected chi connectivity index (χ3v) is 3.42. The highest BCUT2D eigenvalue weighted by molar-refractivity contribution is 6.42. The second-order valence-electron chi connectivity index (χ2n) is 3.83. The summed E-state index contributed by atoms with van der Waals surface area (Å²) in [6.45, 7) is 1.94. The number of pyridine rings is 1. The maximum atomic E-state index is 6.19. The Kier molecular flexibility index (Phi) is 3.67. The van der Waals surface area contributed by atoms with E-state index in [0.717, 1.165) is 16.8 Å². The lowest BCUT2D eigenvalue weighted by molar-refractivity contribution is 0.848. The van der Waals surface area contributed by atoms with Crippen LogP contribution in [0.5, 0.6) is 0 Å². The Hall–Kier alpha value is -1.09. The Bertz CT molecular complexity index is 541. The molecular formula is C13H12Cl2N2. The van der Waals surface area contributed by atoms with E-state index in [1.54, 1.807) is 18.3 Å². The van der Waals surface area contributed by atoms with Gasteiger partial charge in [0.25, 0.3) is 0 Å². The number of nitrogens with zero attached hydrogens (tertiary/aromatic N) is 1. The summed E-state index contributed by atoms with van der Waals surface area (Å²) in [5.74, 6) is 0. The van der Waals surface area contributed by atoms with E-state index in [1.807, 2.05) is 25.1 Å². The molecule has 4 heteroatoms. The monoisotopic (exact) mass is 266 g/mol. The first-order chi connectivity index (χ1) is 8.09. The molecular weight excluding hydrogens is 255 g/mol. The van der Waals surface area contributed by atoms with E-state index in [-0.39, 0.29) is 6.04 Å². The van der Waals surface area contributed by atoms with Crippen molar-refractivity contribution < 1.29 is 0 Å². The van der Waals surface area contributed by atoms with Gasteiger partial charge >= 0.3 is 0 Å². The number of hydrogen-bond acceptors (Lipinski definition) is 2. The molecule has 1 unspecified atom stereocenters. The van der Waals surface area contributed by atoms with Crippen molar-refractivity contribution >= 4 is 23.2 Å². The molecule has 17 heavy (non-hydrogen) atoms. The first-order valence-corrected chi connectivity index (χ1v) is 5.97. The predicted octanol–water partition coefficient (Wildman–Crippen LogP) is 3.74. The molecule has 2 nitrogen and oxygen atoms in total. The summed E-state index contributed by atoms with van der Waals surface area (Å²) in [6.07, 6.45) is 1.75. The van der Waals surface area contributed by atoms with Gasteiger partial charge < -0.3 is 5.73 Å². The lowest BCUT2D eigenvalue weighted by atomic mass is 9.99. The van der Waals surface area contributed by atoms with E-state index in [1.165, 1.54) is 0 Å². The Morgan fingerprint density at radius 1 is 1.18 bits per heavy atom. The number of nitrogens with two attached hydrogens (primary N) is 1. The third kappa shape index (κ3) is 2.60. The molecule has 0 aliphatic carbocycles. The first kappa shape index (κ1) is 12.4. The fraction of sp³-hybridized carbons (Fsp3) is 0.154. The summed E-state index contributed by atoms with van der Waals surface area (Å²) < 4.78 is 0. The van der Waals surface area contributed by atoms with Crippen LogP contribution in [-0.2, 0) is 0 Å². The smallest absolute Gasteiger partial charge is 0.0595 e. The average molecular weight is 267 g/mol. The lowest BCUT2D eigenvalue weighted by Crippen LogP contribution is -2.13. The SMILES string of the molecule is Cc1ncccc1C(N)c1ccc(Cl)c(Cl)c1. The van der Waals surface area contributed by atoms with Crippen molar-refractivity contribution in [1.82, 2.24) is 4.98 Å². The molecule has 0 bridgehead atoms. The van der Waals surface area contributed by atoms with Gasteiger partial charge in [-0.15, -0.1) is 0 Å². The van der Waals surface area contributed by atoms with Crippen LogP contribution in [0.25, 0.3) is 0 Å². The predicted molar refractivity (Wildman–Crippen MR) is 71.5 cm³/mol. The molecule has 0 radical (unpaired) electrons. The van der Waals surface area contributed by atoms with Crippen LogP contribution < -0.4 is 5.73 Å². The molecule has 2 aromatic rings. The van der Waals surface area contributed by atoms with E-state index >= 15 is 0 Å². The molecule has 1 aromatic carbocycles. The van der Waals surface area contributed by atoms with Crippen molar-refractivity contribution in [3.05, 3.63) is 63.4 Å². The van der Waals surface area contributed by atoms with Gasteiger partial charge in [0, 0.05) is 11.9 Å². The van der Waals surface area contributed by atoms with Crippen molar-refractivity contribution in [2.24, 2.45) is 5.73 Å². The fourth-order valence-corrected chi connectivity index (χ4v) is 2.02. The quantitative estimate of drug-likeness (QED) is 0.900. The van der Waals surface area contributed by atoms with Crippen LogP contribution in [0, 0.1) is 6.92 Å². The zero-order chi connectivity index (χ0) is 12.4. The largest absolute Gasteiger partial charge is 0.320 e. The summed E-state index contributed by atoms with van der Waals surface area (Å²) in [7, 11) is 0. The molecule has 2 rings (SSSR count). The standard InChI is InChI=1S/C13H12Cl2N2/c1-8-10(3-2-6-17-8)13(16)9-4-5-11(14)12(15)7-9/h2-7,13H,16H2,1H3.